The molecule has 2 aliphatic heterocycles. The molecular weight excluding hydrogens is 344 g/mol. The van der Waals surface area contributed by atoms with Crippen molar-refractivity contribution in [1.29, 1.82) is 0 Å². The fourth-order valence-corrected chi connectivity index (χ4v) is 3.74. The zero-order valence-electron chi connectivity index (χ0n) is 11.9. The molecule has 2 fully saturated rings. The Labute approximate surface area is 136 Å². The number of carbonyl (C=O) groups is 2. The van der Waals surface area contributed by atoms with E-state index in [1.54, 1.807) is 0 Å². The molecule has 2 aliphatic rings. The van der Waals surface area contributed by atoms with Crippen molar-refractivity contribution in [3.05, 3.63) is 58.6 Å². The second kappa shape index (κ2) is 4.68. The fraction of sp³-hybridized carbons (Fsp3) is 0.176. The van der Waals surface area contributed by atoms with Crippen molar-refractivity contribution in [2.45, 2.75) is 19.0 Å². The van der Waals surface area contributed by atoms with E-state index < -0.39 is 0 Å². The molecular formula is C17H13BrN2O2. The summed E-state index contributed by atoms with van der Waals surface area (Å²) in [5, 5.41) is 0. The summed E-state index contributed by atoms with van der Waals surface area (Å²) in [6.45, 7) is 1.97. The van der Waals surface area contributed by atoms with Gasteiger partial charge in [-0.2, -0.15) is 0 Å². The number of rotatable bonds is 2. The number of nitrogens with zero attached hydrogens (tertiary/aromatic N) is 2. The fourth-order valence-electron chi connectivity index (χ4n) is 3.06. The second-order valence-corrected chi connectivity index (χ2v) is 6.45. The highest BCUT2D eigenvalue weighted by Crippen LogP contribution is 2.44. The van der Waals surface area contributed by atoms with Crippen molar-refractivity contribution in [2.75, 3.05) is 9.80 Å². The van der Waals surface area contributed by atoms with Crippen molar-refractivity contribution in [3.63, 3.8) is 0 Å². The minimum absolute atomic E-state index is 0.150. The molecule has 0 bridgehead atoms. The van der Waals surface area contributed by atoms with Gasteiger partial charge in [0.25, 0.3) is 11.8 Å². The summed E-state index contributed by atoms with van der Waals surface area (Å²) in [7, 11) is 0. The highest BCUT2D eigenvalue weighted by molar-refractivity contribution is 9.10. The predicted octanol–water partition coefficient (Wildman–Crippen LogP) is 2.89. The first-order valence-corrected chi connectivity index (χ1v) is 7.86. The van der Waals surface area contributed by atoms with Gasteiger partial charge < -0.3 is 4.90 Å². The van der Waals surface area contributed by atoms with Crippen LogP contribution in [0.15, 0.2) is 53.0 Å². The topological polar surface area (TPSA) is 40.4 Å². The molecule has 110 valence electrons. The molecule has 0 unspecified atom stereocenters. The summed E-state index contributed by atoms with van der Waals surface area (Å²) in [6, 6.07) is 14.5. The lowest BCUT2D eigenvalue weighted by Crippen LogP contribution is -2.39. The highest BCUT2D eigenvalue weighted by Gasteiger charge is 2.66. The molecule has 0 aliphatic carbocycles. The van der Waals surface area contributed by atoms with Gasteiger partial charge in [-0.05, 0) is 52.7 Å². The number of anilines is 2. The molecule has 2 atom stereocenters. The summed E-state index contributed by atoms with van der Waals surface area (Å²) in [5.74, 6) is -0.299. The first-order valence-electron chi connectivity index (χ1n) is 7.07. The molecule has 22 heavy (non-hydrogen) atoms. The standard InChI is InChI=1S/C17H13BrN2O2/c1-10-7-8-13(12(18)9-10)20-16(21)14-15(17(20)22)19(14)11-5-3-2-4-6-11/h2-9,14-15H,1H3/t14-,15-/m1/s1. The Morgan fingerprint density at radius 3 is 2.18 bits per heavy atom. The number of fused-ring (bicyclic) bond motifs is 1. The Morgan fingerprint density at radius 2 is 1.59 bits per heavy atom. The number of amides is 2. The number of para-hydroxylation sites is 1. The average molecular weight is 357 g/mol. The van der Waals surface area contributed by atoms with Gasteiger partial charge in [0.2, 0.25) is 0 Å². The highest BCUT2D eigenvalue weighted by atomic mass is 79.9. The normalized spacial score (nSPS) is 23.0. The summed E-state index contributed by atoms with van der Waals surface area (Å²) < 4.78 is 0.766. The van der Waals surface area contributed by atoms with E-state index in [4.69, 9.17) is 0 Å². The van der Waals surface area contributed by atoms with Crippen LogP contribution < -0.4 is 9.80 Å². The molecule has 0 aromatic heterocycles. The van der Waals surface area contributed by atoms with Gasteiger partial charge in [0.15, 0.2) is 0 Å². The molecule has 2 saturated heterocycles. The molecule has 4 nitrogen and oxygen atoms in total. The molecule has 5 heteroatoms. The van der Waals surface area contributed by atoms with Crippen LogP contribution in [0.3, 0.4) is 0 Å². The van der Waals surface area contributed by atoms with Crippen molar-refractivity contribution in [3.8, 4) is 0 Å². The number of aryl methyl sites for hydroxylation is 1. The third-order valence-corrected chi connectivity index (χ3v) is 4.79. The van der Waals surface area contributed by atoms with E-state index in [-0.39, 0.29) is 23.9 Å². The molecule has 2 aromatic carbocycles. The minimum atomic E-state index is -0.358. The SMILES string of the molecule is Cc1ccc(N2C(=O)[C@H]3[C@H](C2=O)N3c2ccccc2)c(Br)c1. The first-order chi connectivity index (χ1) is 10.6. The van der Waals surface area contributed by atoms with E-state index in [0.717, 1.165) is 15.7 Å². The maximum atomic E-state index is 12.6. The predicted molar refractivity (Wildman–Crippen MR) is 87.9 cm³/mol. The van der Waals surface area contributed by atoms with Crippen molar-refractivity contribution in [2.24, 2.45) is 0 Å². The third kappa shape index (κ3) is 1.82. The molecule has 2 aromatic rings. The molecule has 2 heterocycles. The molecule has 2 amide bonds. The van der Waals surface area contributed by atoms with Crippen LogP contribution >= 0.6 is 15.9 Å². The summed E-state index contributed by atoms with van der Waals surface area (Å²) in [6.07, 6.45) is 0. The van der Waals surface area contributed by atoms with Crippen LogP contribution in [0.25, 0.3) is 0 Å². The van der Waals surface area contributed by atoms with Crippen LogP contribution in [0.5, 0.6) is 0 Å². The molecule has 0 radical (unpaired) electrons. The first kappa shape index (κ1) is 13.5. The Morgan fingerprint density at radius 1 is 0.955 bits per heavy atom. The van der Waals surface area contributed by atoms with Crippen molar-refractivity contribution in [1.82, 2.24) is 0 Å². The Bertz CT molecular complexity index is 769. The van der Waals surface area contributed by atoms with Crippen LogP contribution in [-0.4, -0.2) is 23.9 Å². The van der Waals surface area contributed by atoms with Gasteiger partial charge in [-0.3, -0.25) is 9.59 Å². The molecule has 0 spiro atoms. The van der Waals surface area contributed by atoms with Gasteiger partial charge in [0.05, 0.1) is 5.69 Å². The summed E-state index contributed by atoms with van der Waals surface area (Å²) in [4.78, 5) is 28.4. The maximum absolute atomic E-state index is 12.6. The van der Waals surface area contributed by atoms with Crippen LogP contribution in [0.4, 0.5) is 11.4 Å². The summed E-state index contributed by atoms with van der Waals surface area (Å²) in [5.41, 5.74) is 2.62. The molecule has 0 saturated carbocycles. The van der Waals surface area contributed by atoms with Gasteiger partial charge in [-0.15, -0.1) is 0 Å². The van der Waals surface area contributed by atoms with E-state index in [1.807, 2.05) is 60.4 Å². The van der Waals surface area contributed by atoms with Gasteiger partial charge in [0, 0.05) is 10.2 Å². The Balaban J connectivity index is 1.66. The van der Waals surface area contributed by atoms with Gasteiger partial charge in [-0.1, -0.05) is 24.3 Å². The zero-order valence-corrected chi connectivity index (χ0v) is 13.4. The number of benzene rings is 2. The molecule has 4 rings (SSSR count). The third-order valence-electron chi connectivity index (χ3n) is 4.15. The number of hydrogen-bond acceptors (Lipinski definition) is 3. The van der Waals surface area contributed by atoms with Crippen LogP contribution in [0, 0.1) is 6.92 Å². The Kier molecular flexibility index (Phi) is 2.87. The van der Waals surface area contributed by atoms with Crippen LogP contribution in [0.2, 0.25) is 0 Å². The van der Waals surface area contributed by atoms with E-state index in [1.165, 1.54) is 4.90 Å². The number of carbonyl (C=O) groups excluding carboxylic acids is 2. The monoisotopic (exact) mass is 356 g/mol. The quantitative estimate of drug-likeness (QED) is 0.613. The van der Waals surface area contributed by atoms with Crippen LogP contribution in [0.1, 0.15) is 5.56 Å². The number of halogens is 1. The number of hydrogen-bond donors (Lipinski definition) is 0. The lowest BCUT2D eigenvalue weighted by molar-refractivity contribution is -0.122. The van der Waals surface area contributed by atoms with Crippen molar-refractivity contribution < 1.29 is 9.59 Å². The van der Waals surface area contributed by atoms with Crippen LogP contribution in [-0.2, 0) is 9.59 Å². The van der Waals surface area contributed by atoms with E-state index in [9.17, 15) is 9.59 Å². The maximum Gasteiger partial charge on any atom is 0.259 e. The van der Waals surface area contributed by atoms with Gasteiger partial charge in [-0.25, -0.2) is 4.90 Å². The van der Waals surface area contributed by atoms with Crippen molar-refractivity contribution >= 4 is 39.1 Å². The largest absolute Gasteiger partial charge is 0.343 e. The van der Waals surface area contributed by atoms with E-state index in [2.05, 4.69) is 15.9 Å². The summed E-state index contributed by atoms with van der Waals surface area (Å²) >= 11 is 3.45. The smallest absolute Gasteiger partial charge is 0.259 e. The average Bonchev–Trinajstić information content (AvgIpc) is 3.20. The second-order valence-electron chi connectivity index (χ2n) is 5.60. The lowest BCUT2D eigenvalue weighted by Gasteiger charge is -2.21. The number of imide groups is 1. The Hall–Kier alpha value is -2.14. The van der Waals surface area contributed by atoms with E-state index >= 15 is 0 Å². The molecule has 0 N–H and O–H groups in total. The lowest BCUT2D eigenvalue weighted by atomic mass is 10.2. The minimum Gasteiger partial charge on any atom is -0.343 e. The zero-order chi connectivity index (χ0) is 15.4. The van der Waals surface area contributed by atoms with Gasteiger partial charge in [0.1, 0.15) is 12.1 Å². The number of piperazine rings is 1. The van der Waals surface area contributed by atoms with Gasteiger partial charge >= 0.3 is 0 Å². The van der Waals surface area contributed by atoms with E-state index in [0.29, 0.717) is 5.69 Å².